The lowest BCUT2D eigenvalue weighted by Gasteiger charge is -2.08. The molecule has 2 aromatic carbocycles. The van der Waals surface area contributed by atoms with Crippen LogP contribution in [-0.2, 0) is 6.61 Å². The van der Waals surface area contributed by atoms with Gasteiger partial charge in [0.25, 0.3) is 5.69 Å². The summed E-state index contributed by atoms with van der Waals surface area (Å²) in [5, 5.41) is 10.8. The predicted molar refractivity (Wildman–Crippen MR) is 68.5 cm³/mol. The minimum Gasteiger partial charge on any atom is -0.489 e. The standard InChI is InChI=1S/C14H11F2NO3/c1-9-6-12(3-4-13(9)16)20-8-10-7-11(15)2-5-14(10)17(18)19/h2-7H,8H2,1H3. The summed E-state index contributed by atoms with van der Waals surface area (Å²) in [4.78, 5) is 10.2. The Bertz CT molecular complexity index is 659. The van der Waals surface area contributed by atoms with E-state index < -0.39 is 10.7 Å². The second-order valence-corrected chi connectivity index (χ2v) is 4.23. The van der Waals surface area contributed by atoms with Crippen LogP contribution in [0.4, 0.5) is 14.5 Å². The fourth-order valence-electron chi connectivity index (χ4n) is 1.72. The molecule has 0 N–H and O–H groups in total. The average Bonchev–Trinajstić information content (AvgIpc) is 2.40. The molecule has 2 rings (SSSR count). The molecule has 0 aromatic heterocycles. The van der Waals surface area contributed by atoms with Crippen molar-refractivity contribution in [3.63, 3.8) is 0 Å². The van der Waals surface area contributed by atoms with Crippen LogP contribution in [0.1, 0.15) is 11.1 Å². The lowest BCUT2D eigenvalue weighted by molar-refractivity contribution is -0.385. The van der Waals surface area contributed by atoms with Gasteiger partial charge in [-0.1, -0.05) is 0 Å². The van der Waals surface area contributed by atoms with Gasteiger partial charge in [0.2, 0.25) is 0 Å². The smallest absolute Gasteiger partial charge is 0.276 e. The van der Waals surface area contributed by atoms with Gasteiger partial charge < -0.3 is 4.74 Å². The molecule has 104 valence electrons. The molecule has 0 amide bonds. The summed E-state index contributed by atoms with van der Waals surface area (Å²) < 4.78 is 31.6. The summed E-state index contributed by atoms with van der Waals surface area (Å²) in [6, 6.07) is 7.28. The van der Waals surface area contributed by atoms with Gasteiger partial charge in [-0.25, -0.2) is 8.78 Å². The van der Waals surface area contributed by atoms with E-state index in [0.29, 0.717) is 11.3 Å². The van der Waals surface area contributed by atoms with Crippen molar-refractivity contribution in [2.75, 3.05) is 0 Å². The Labute approximate surface area is 113 Å². The molecule has 0 aliphatic rings. The first-order valence-corrected chi connectivity index (χ1v) is 5.79. The molecule has 4 nitrogen and oxygen atoms in total. The van der Waals surface area contributed by atoms with Crippen molar-refractivity contribution in [2.24, 2.45) is 0 Å². The molecule has 6 heteroatoms. The average molecular weight is 279 g/mol. The van der Waals surface area contributed by atoms with Gasteiger partial charge in [0, 0.05) is 6.07 Å². The van der Waals surface area contributed by atoms with Crippen molar-refractivity contribution in [2.45, 2.75) is 13.5 Å². The van der Waals surface area contributed by atoms with Crippen LogP contribution in [0.5, 0.6) is 5.75 Å². The Balaban J connectivity index is 2.20. The van der Waals surface area contributed by atoms with Crippen LogP contribution in [0.25, 0.3) is 0 Å². The highest BCUT2D eigenvalue weighted by molar-refractivity contribution is 5.40. The summed E-state index contributed by atoms with van der Waals surface area (Å²) in [7, 11) is 0. The number of nitro groups is 1. The minimum atomic E-state index is -0.603. The van der Waals surface area contributed by atoms with E-state index in [1.165, 1.54) is 18.2 Å². The third-order valence-electron chi connectivity index (χ3n) is 2.76. The van der Waals surface area contributed by atoms with Gasteiger partial charge in [-0.15, -0.1) is 0 Å². The van der Waals surface area contributed by atoms with Crippen LogP contribution in [0.15, 0.2) is 36.4 Å². The number of hydrogen-bond acceptors (Lipinski definition) is 3. The van der Waals surface area contributed by atoms with Gasteiger partial charge in [0.1, 0.15) is 24.0 Å². The van der Waals surface area contributed by atoms with Crippen LogP contribution < -0.4 is 4.74 Å². The first-order valence-electron chi connectivity index (χ1n) is 5.79. The number of ether oxygens (including phenoxy) is 1. The molecule has 0 atom stereocenters. The normalized spacial score (nSPS) is 10.3. The van der Waals surface area contributed by atoms with E-state index in [2.05, 4.69) is 0 Å². The molecule has 0 bridgehead atoms. The minimum absolute atomic E-state index is 0.122. The second kappa shape index (κ2) is 5.64. The molecule has 0 heterocycles. The second-order valence-electron chi connectivity index (χ2n) is 4.23. The SMILES string of the molecule is Cc1cc(OCc2cc(F)ccc2[N+](=O)[O-])ccc1F. The first-order chi connectivity index (χ1) is 9.47. The topological polar surface area (TPSA) is 52.4 Å². The Hall–Kier alpha value is -2.50. The summed E-state index contributed by atoms with van der Waals surface area (Å²) in [5.74, 6) is -0.582. The molecule has 0 saturated carbocycles. The van der Waals surface area contributed by atoms with Crippen LogP contribution in [0.2, 0.25) is 0 Å². The van der Waals surface area contributed by atoms with Gasteiger partial charge in [-0.2, -0.15) is 0 Å². The van der Waals surface area contributed by atoms with Gasteiger partial charge in [-0.05, 0) is 42.8 Å². The van der Waals surface area contributed by atoms with Gasteiger partial charge in [0.15, 0.2) is 0 Å². The zero-order valence-electron chi connectivity index (χ0n) is 10.6. The summed E-state index contributed by atoms with van der Waals surface area (Å²) in [6.45, 7) is 1.41. The number of nitro benzene ring substituents is 1. The number of rotatable bonds is 4. The molecule has 0 saturated heterocycles. The Morgan fingerprint density at radius 2 is 1.95 bits per heavy atom. The van der Waals surface area contributed by atoms with Crippen LogP contribution in [0.3, 0.4) is 0 Å². The molecule has 0 unspecified atom stereocenters. The molecule has 0 radical (unpaired) electrons. The number of aryl methyl sites for hydroxylation is 1. The summed E-state index contributed by atoms with van der Waals surface area (Å²) in [5.41, 5.74) is 0.304. The van der Waals surface area contributed by atoms with Crippen LogP contribution in [-0.4, -0.2) is 4.92 Å². The number of benzene rings is 2. The van der Waals surface area contributed by atoms with Gasteiger partial charge in [0.05, 0.1) is 10.5 Å². The first kappa shape index (κ1) is 13.9. The Morgan fingerprint density at radius 1 is 1.20 bits per heavy atom. The van der Waals surface area contributed by atoms with Crippen LogP contribution in [0, 0.1) is 28.7 Å². The molecule has 0 aliphatic heterocycles. The van der Waals surface area contributed by atoms with Crippen molar-refractivity contribution in [3.05, 3.63) is 69.3 Å². The monoisotopic (exact) mass is 279 g/mol. The fourth-order valence-corrected chi connectivity index (χ4v) is 1.72. The van der Waals surface area contributed by atoms with Gasteiger partial charge in [-0.3, -0.25) is 10.1 Å². The molecular formula is C14H11F2NO3. The number of hydrogen-bond donors (Lipinski definition) is 0. The third-order valence-corrected chi connectivity index (χ3v) is 2.76. The van der Waals surface area contributed by atoms with Crippen molar-refractivity contribution in [3.8, 4) is 5.75 Å². The number of nitrogens with zero attached hydrogens (tertiary/aromatic N) is 1. The van der Waals surface area contributed by atoms with E-state index in [1.54, 1.807) is 6.92 Å². The van der Waals surface area contributed by atoms with E-state index in [0.717, 1.165) is 18.2 Å². The molecular weight excluding hydrogens is 268 g/mol. The van der Waals surface area contributed by atoms with E-state index >= 15 is 0 Å². The third kappa shape index (κ3) is 3.09. The molecule has 0 fully saturated rings. The van der Waals surface area contributed by atoms with Gasteiger partial charge >= 0.3 is 0 Å². The van der Waals surface area contributed by atoms with E-state index in [1.807, 2.05) is 0 Å². The predicted octanol–water partition coefficient (Wildman–Crippen LogP) is 3.76. The van der Waals surface area contributed by atoms with Crippen molar-refractivity contribution in [1.29, 1.82) is 0 Å². The number of halogens is 2. The molecule has 0 aliphatic carbocycles. The zero-order chi connectivity index (χ0) is 14.7. The lowest BCUT2D eigenvalue weighted by atomic mass is 10.2. The maximum atomic E-state index is 13.1. The highest BCUT2D eigenvalue weighted by Gasteiger charge is 2.15. The van der Waals surface area contributed by atoms with Crippen LogP contribution >= 0.6 is 0 Å². The van der Waals surface area contributed by atoms with E-state index in [9.17, 15) is 18.9 Å². The Kier molecular flexibility index (Phi) is 3.93. The highest BCUT2D eigenvalue weighted by Crippen LogP contribution is 2.22. The largest absolute Gasteiger partial charge is 0.489 e. The van der Waals surface area contributed by atoms with Crippen molar-refractivity contribution < 1.29 is 18.4 Å². The molecule has 2 aromatic rings. The zero-order valence-corrected chi connectivity index (χ0v) is 10.6. The molecule has 20 heavy (non-hydrogen) atoms. The molecule has 0 spiro atoms. The van der Waals surface area contributed by atoms with Crippen molar-refractivity contribution in [1.82, 2.24) is 0 Å². The highest BCUT2D eigenvalue weighted by atomic mass is 19.1. The lowest BCUT2D eigenvalue weighted by Crippen LogP contribution is -2.01. The fraction of sp³-hybridized carbons (Fsp3) is 0.143. The van der Waals surface area contributed by atoms with E-state index in [-0.39, 0.29) is 23.7 Å². The maximum Gasteiger partial charge on any atom is 0.276 e. The quantitative estimate of drug-likeness (QED) is 0.632. The summed E-state index contributed by atoms with van der Waals surface area (Å²) >= 11 is 0. The van der Waals surface area contributed by atoms with E-state index in [4.69, 9.17) is 4.74 Å². The summed E-state index contributed by atoms with van der Waals surface area (Å²) in [6.07, 6.45) is 0. The maximum absolute atomic E-state index is 13.1. The van der Waals surface area contributed by atoms with Crippen molar-refractivity contribution >= 4 is 5.69 Å². The Morgan fingerprint density at radius 3 is 2.60 bits per heavy atom.